The minimum atomic E-state index is -0.301. The summed E-state index contributed by atoms with van der Waals surface area (Å²) in [6, 6.07) is 40.8. The lowest BCUT2D eigenvalue weighted by Crippen LogP contribution is -2.24. The highest BCUT2D eigenvalue weighted by Crippen LogP contribution is 2.36. The van der Waals surface area contributed by atoms with Gasteiger partial charge in [-0.05, 0) is 22.3 Å². The lowest BCUT2D eigenvalue weighted by molar-refractivity contribution is -0.120. The summed E-state index contributed by atoms with van der Waals surface area (Å²) in [5, 5.41) is 0. The third-order valence-corrected chi connectivity index (χ3v) is 7.16. The van der Waals surface area contributed by atoms with E-state index in [1.807, 2.05) is 72.8 Å². The average molecular weight is 569 g/mol. The second-order valence-corrected chi connectivity index (χ2v) is 10.0. The van der Waals surface area contributed by atoms with Gasteiger partial charge in [-0.2, -0.15) is 0 Å². The summed E-state index contributed by atoms with van der Waals surface area (Å²) in [6.45, 7) is 3.41. The van der Waals surface area contributed by atoms with E-state index in [0.717, 1.165) is 22.3 Å². The number of hydrogen-bond acceptors (Lipinski definition) is 6. The molecule has 0 aliphatic carbocycles. The molecule has 1 aliphatic rings. The normalized spacial score (nSPS) is 23.8. The quantitative estimate of drug-likeness (QED) is 0.263. The molecule has 6 nitrogen and oxygen atoms in total. The van der Waals surface area contributed by atoms with Crippen molar-refractivity contribution in [3.63, 3.8) is 0 Å². The number of hydrogen-bond donors (Lipinski definition) is 0. The highest BCUT2D eigenvalue weighted by Gasteiger charge is 2.28. The van der Waals surface area contributed by atoms with Crippen molar-refractivity contribution in [2.75, 3.05) is 52.9 Å². The third-order valence-electron chi connectivity index (χ3n) is 7.16. The Hall–Kier alpha value is -3.36. The molecule has 0 bridgehead atoms. The second kappa shape index (κ2) is 16.9. The van der Waals surface area contributed by atoms with Gasteiger partial charge < -0.3 is 28.4 Å². The molecule has 0 spiro atoms. The third kappa shape index (κ3) is 8.82. The fraction of sp³-hybridized carbons (Fsp3) is 0.333. The monoisotopic (exact) mass is 568 g/mol. The lowest BCUT2D eigenvalue weighted by atomic mass is 9.98. The van der Waals surface area contributed by atoms with E-state index in [2.05, 4.69) is 48.5 Å². The van der Waals surface area contributed by atoms with Crippen molar-refractivity contribution in [2.24, 2.45) is 0 Å². The molecule has 4 aromatic carbocycles. The van der Waals surface area contributed by atoms with Gasteiger partial charge in [0.05, 0.1) is 52.9 Å². The predicted octanol–water partition coefficient (Wildman–Crippen LogP) is 7.06. The summed E-state index contributed by atoms with van der Waals surface area (Å²) in [5.41, 5.74) is 4.21. The van der Waals surface area contributed by atoms with Gasteiger partial charge >= 0.3 is 0 Å². The lowest BCUT2D eigenvalue weighted by Gasteiger charge is -2.29. The van der Waals surface area contributed by atoms with Crippen LogP contribution < -0.4 is 0 Å². The smallest absolute Gasteiger partial charge is 0.113 e. The Morgan fingerprint density at radius 2 is 0.500 bits per heavy atom. The van der Waals surface area contributed by atoms with Gasteiger partial charge in [-0.25, -0.2) is 0 Å². The van der Waals surface area contributed by atoms with E-state index in [1.54, 1.807) is 0 Å². The van der Waals surface area contributed by atoms with Crippen LogP contribution in [0.15, 0.2) is 121 Å². The van der Waals surface area contributed by atoms with E-state index in [0.29, 0.717) is 52.9 Å². The zero-order valence-electron chi connectivity index (χ0n) is 24.0. The van der Waals surface area contributed by atoms with Crippen LogP contribution in [0, 0.1) is 0 Å². The molecule has 0 N–H and O–H groups in total. The molecule has 42 heavy (non-hydrogen) atoms. The molecule has 0 saturated carbocycles. The van der Waals surface area contributed by atoms with Crippen LogP contribution in [0.5, 0.6) is 0 Å². The fourth-order valence-electron chi connectivity index (χ4n) is 5.14. The molecule has 5 rings (SSSR count). The summed E-state index contributed by atoms with van der Waals surface area (Å²) in [4.78, 5) is 0. The van der Waals surface area contributed by atoms with Gasteiger partial charge in [0.15, 0.2) is 0 Å². The Morgan fingerprint density at radius 3 is 0.714 bits per heavy atom. The maximum Gasteiger partial charge on any atom is 0.113 e. The van der Waals surface area contributed by atoms with E-state index in [9.17, 15) is 0 Å². The van der Waals surface area contributed by atoms with Gasteiger partial charge in [0.25, 0.3) is 0 Å². The van der Waals surface area contributed by atoms with Crippen LogP contribution in [0.25, 0.3) is 0 Å². The van der Waals surface area contributed by atoms with Crippen molar-refractivity contribution in [3.8, 4) is 0 Å². The van der Waals surface area contributed by atoms with Crippen molar-refractivity contribution >= 4 is 0 Å². The number of benzene rings is 4. The van der Waals surface area contributed by atoms with Crippen LogP contribution >= 0.6 is 0 Å². The van der Waals surface area contributed by atoms with Crippen molar-refractivity contribution < 1.29 is 28.4 Å². The van der Waals surface area contributed by atoms with Crippen LogP contribution in [0.2, 0.25) is 0 Å². The molecule has 1 fully saturated rings. The molecule has 4 unspecified atom stereocenters. The van der Waals surface area contributed by atoms with Crippen molar-refractivity contribution in [1.29, 1.82) is 0 Å². The molecule has 4 atom stereocenters. The second-order valence-electron chi connectivity index (χ2n) is 10.0. The Bertz CT molecular complexity index is 1060. The van der Waals surface area contributed by atoms with Crippen LogP contribution in [-0.2, 0) is 28.4 Å². The van der Waals surface area contributed by atoms with E-state index >= 15 is 0 Å². The van der Waals surface area contributed by atoms with E-state index in [4.69, 9.17) is 28.4 Å². The number of ether oxygens (including phenoxy) is 6. The standard InChI is InChI=1S/C36H40O6/c1-5-13-29(14-6-1)33-34(30-15-7-2-8-16-30)40-26-22-38-24-28-42-36(32-19-11-4-12-20-32)35(31-17-9-3-10-18-31)41-27-23-37-21-25-39-33/h1-20,33-36H,21-28H2. The average Bonchev–Trinajstić information content (AvgIpc) is 3.06. The summed E-state index contributed by atoms with van der Waals surface area (Å²) in [7, 11) is 0. The van der Waals surface area contributed by atoms with Crippen molar-refractivity contribution in [1.82, 2.24) is 0 Å². The summed E-state index contributed by atoms with van der Waals surface area (Å²) in [5.74, 6) is 0. The molecule has 1 saturated heterocycles. The SMILES string of the molecule is c1ccc(C2OCCOCCOC(c3ccccc3)C(c3ccccc3)OCCOCCOC2c2ccccc2)cc1. The summed E-state index contributed by atoms with van der Waals surface area (Å²) >= 11 is 0. The molecule has 6 heteroatoms. The first-order valence-electron chi connectivity index (χ1n) is 14.7. The first kappa shape index (κ1) is 30.1. The predicted molar refractivity (Wildman–Crippen MR) is 162 cm³/mol. The molecule has 4 aromatic rings. The van der Waals surface area contributed by atoms with Crippen LogP contribution in [0.4, 0.5) is 0 Å². The Labute approximate surface area is 249 Å². The zero-order chi connectivity index (χ0) is 28.7. The highest BCUT2D eigenvalue weighted by molar-refractivity contribution is 5.26. The Morgan fingerprint density at radius 1 is 0.286 bits per heavy atom. The number of rotatable bonds is 4. The fourth-order valence-corrected chi connectivity index (χ4v) is 5.14. The molecular formula is C36H40O6. The minimum Gasteiger partial charge on any atom is -0.377 e. The van der Waals surface area contributed by atoms with Crippen LogP contribution in [0.1, 0.15) is 46.7 Å². The van der Waals surface area contributed by atoms with Crippen molar-refractivity contribution in [3.05, 3.63) is 144 Å². The van der Waals surface area contributed by atoms with E-state index in [-0.39, 0.29) is 24.4 Å². The molecule has 0 radical (unpaired) electrons. The zero-order valence-corrected chi connectivity index (χ0v) is 24.0. The first-order chi connectivity index (χ1) is 20.9. The van der Waals surface area contributed by atoms with Crippen molar-refractivity contribution in [2.45, 2.75) is 24.4 Å². The van der Waals surface area contributed by atoms with Gasteiger partial charge in [-0.15, -0.1) is 0 Å². The maximum atomic E-state index is 6.45. The van der Waals surface area contributed by atoms with Gasteiger partial charge in [0, 0.05) is 0 Å². The highest BCUT2D eigenvalue weighted by atomic mass is 16.6. The van der Waals surface area contributed by atoms with Gasteiger partial charge in [-0.3, -0.25) is 0 Å². The molecule has 0 aromatic heterocycles. The molecular weight excluding hydrogens is 528 g/mol. The van der Waals surface area contributed by atoms with Crippen LogP contribution in [-0.4, -0.2) is 52.9 Å². The Balaban J connectivity index is 1.31. The molecule has 1 heterocycles. The maximum absolute atomic E-state index is 6.45. The summed E-state index contributed by atoms with van der Waals surface area (Å²) in [6.07, 6.45) is -1.20. The van der Waals surface area contributed by atoms with E-state index in [1.165, 1.54) is 0 Å². The molecule has 1 aliphatic heterocycles. The van der Waals surface area contributed by atoms with Crippen LogP contribution in [0.3, 0.4) is 0 Å². The first-order valence-corrected chi connectivity index (χ1v) is 14.7. The largest absolute Gasteiger partial charge is 0.377 e. The molecule has 220 valence electrons. The Kier molecular flexibility index (Phi) is 12.1. The topological polar surface area (TPSA) is 55.4 Å². The van der Waals surface area contributed by atoms with E-state index < -0.39 is 0 Å². The van der Waals surface area contributed by atoms with Gasteiger partial charge in [-0.1, -0.05) is 121 Å². The summed E-state index contributed by atoms with van der Waals surface area (Å²) < 4.78 is 37.8. The molecule has 0 amide bonds. The van der Waals surface area contributed by atoms with Gasteiger partial charge in [0.2, 0.25) is 0 Å². The minimum absolute atomic E-state index is 0.301. The van der Waals surface area contributed by atoms with Gasteiger partial charge in [0.1, 0.15) is 24.4 Å².